The van der Waals surface area contributed by atoms with Crippen LogP contribution in [0.25, 0.3) is 0 Å². The van der Waals surface area contributed by atoms with E-state index in [1.165, 1.54) is 0 Å². The molecule has 1 fully saturated rings. The molecule has 0 aliphatic carbocycles. The second kappa shape index (κ2) is 9.27. The Labute approximate surface area is 143 Å². The van der Waals surface area contributed by atoms with Crippen LogP contribution in [0, 0.1) is 0 Å². The first-order valence-electron chi connectivity index (χ1n) is 8.59. The standard InChI is InChI=1S/C18H27N3O3/c1-3-9-20(15(2)22)10-8-18(23)19-16-6-4-5-7-17(16)21-11-13-24-14-12-21/h4-7H,3,8-14H2,1-2H3,(H,19,23). The minimum absolute atomic E-state index is 0.0124. The smallest absolute Gasteiger partial charge is 0.226 e. The first-order chi connectivity index (χ1) is 11.6. The van der Waals surface area contributed by atoms with Crippen LogP contribution in [0.4, 0.5) is 11.4 Å². The predicted molar refractivity (Wildman–Crippen MR) is 95.3 cm³/mol. The fourth-order valence-corrected chi connectivity index (χ4v) is 2.81. The number of hydrogen-bond donors (Lipinski definition) is 1. The van der Waals surface area contributed by atoms with E-state index in [4.69, 9.17) is 4.74 Å². The maximum absolute atomic E-state index is 12.3. The fourth-order valence-electron chi connectivity index (χ4n) is 2.81. The summed E-state index contributed by atoms with van der Waals surface area (Å²) in [6, 6.07) is 7.81. The average Bonchev–Trinajstić information content (AvgIpc) is 2.59. The molecule has 0 aromatic heterocycles. The van der Waals surface area contributed by atoms with Crippen LogP contribution in [0.15, 0.2) is 24.3 Å². The first-order valence-corrected chi connectivity index (χ1v) is 8.59. The molecule has 1 saturated heterocycles. The summed E-state index contributed by atoms with van der Waals surface area (Å²) in [4.78, 5) is 27.8. The van der Waals surface area contributed by atoms with Gasteiger partial charge in [-0.05, 0) is 18.6 Å². The highest BCUT2D eigenvalue weighted by atomic mass is 16.5. The van der Waals surface area contributed by atoms with E-state index in [-0.39, 0.29) is 11.8 Å². The zero-order chi connectivity index (χ0) is 17.4. The van der Waals surface area contributed by atoms with Crippen LogP contribution in [0.1, 0.15) is 26.7 Å². The lowest BCUT2D eigenvalue weighted by atomic mass is 10.2. The Morgan fingerprint density at radius 2 is 1.92 bits per heavy atom. The van der Waals surface area contributed by atoms with Gasteiger partial charge in [-0.2, -0.15) is 0 Å². The number of nitrogens with one attached hydrogen (secondary N) is 1. The van der Waals surface area contributed by atoms with Gasteiger partial charge >= 0.3 is 0 Å². The van der Waals surface area contributed by atoms with Crippen molar-refractivity contribution in [2.45, 2.75) is 26.7 Å². The Morgan fingerprint density at radius 1 is 1.21 bits per heavy atom. The van der Waals surface area contributed by atoms with Crippen LogP contribution >= 0.6 is 0 Å². The molecule has 0 bridgehead atoms. The van der Waals surface area contributed by atoms with Gasteiger partial charge in [-0.1, -0.05) is 19.1 Å². The van der Waals surface area contributed by atoms with Crippen molar-refractivity contribution in [2.24, 2.45) is 0 Å². The van der Waals surface area contributed by atoms with Gasteiger partial charge in [0.15, 0.2) is 0 Å². The van der Waals surface area contributed by atoms with Gasteiger partial charge in [0.05, 0.1) is 24.6 Å². The summed E-state index contributed by atoms with van der Waals surface area (Å²) in [6.07, 6.45) is 1.19. The minimum Gasteiger partial charge on any atom is -0.378 e. The molecule has 24 heavy (non-hydrogen) atoms. The predicted octanol–water partition coefficient (Wildman–Crippen LogP) is 2.11. The fraction of sp³-hybridized carbons (Fsp3) is 0.556. The molecule has 1 N–H and O–H groups in total. The lowest BCUT2D eigenvalue weighted by Gasteiger charge is -2.30. The number of morpholine rings is 1. The zero-order valence-electron chi connectivity index (χ0n) is 14.6. The second-order valence-electron chi connectivity index (χ2n) is 5.92. The van der Waals surface area contributed by atoms with Crippen molar-refractivity contribution in [3.8, 4) is 0 Å². The largest absolute Gasteiger partial charge is 0.378 e. The number of ether oxygens (including phenoxy) is 1. The van der Waals surface area contributed by atoms with Crippen molar-refractivity contribution < 1.29 is 14.3 Å². The van der Waals surface area contributed by atoms with Crippen LogP contribution < -0.4 is 10.2 Å². The third-order valence-corrected chi connectivity index (χ3v) is 4.08. The van der Waals surface area contributed by atoms with E-state index < -0.39 is 0 Å². The summed E-state index contributed by atoms with van der Waals surface area (Å²) in [5.41, 5.74) is 1.83. The van der Waals surface area contributed by atoms with Crippen LogP contribution in [0.2, 0.25) is 0 Å². The molecular formula is C18H27N3O3. The van der Waals surface area contributed by atoms with Gasteiger partial charge in [0.25, 0.3) is 0 Å². The van der Waals surface area contributed by atoms with E-state index in [0.29, 0.717) is 32.7 Å². The molecule has 132 valence electrons. The molecule has 6 nitrogen and oxygen atoms in total. The van der Waals surface area contributed by atoms with E-state index in [9.17, 15) is 9.59 Å². The maximum atomic E-state index is 12.3. The van der Waals surface area contributed by atoms with Gasteiger partial charge in [0, 0.05) is 39.5 Å². The number of hydrogen-bond acceptors (Lipinski definition) is 4. The molecule has 0 saturated carbocycles. The SMILES string of the molecule is CCCN(CCC(=O)Nc1ccccc1N1CCOCC1)C(C)=O. The molecule has 6 heteroatoms. The molecule has 1 aromatic carbocycles. The van der Waals surface area contributed by atoms with E-state index in [0.717, 1.165) is 30.9 Å². The van der Waals surface area contributed by atoms with Crippen molar-refractivity contribution in [3.05, 3.63) is 24.3 Å². The Kier molecular flexibility index (Phi) is 7.06. The van der Waals surface area contributed by atoms with Gasteiger partial charge in [0.1, 0.15) is 0 Å². The van der Waals surface area contributed by atoms with Gasteiger partial charge in [-0.25, -0.2) is 0 Å². The number of nitrogens with zero attached hydrogens (tertiary/aromatic N) is 2. The topological polar surface area (TPSA) is 61.9 Å². The molecule has 0 atom stereocenters. The van der Waals surface area contributed by atoms with E-state index >= 15 is 0 Å². The molecule has 0 unspecified atom stereocenters. The van der Waals surface area contributed by atoms with Gasteiger partial charge in [0.2, 0.25) is 11.8 Å². The summed E-state index contributed by atoms with van der Waals surface area (Å²) in [6.45, 7) is 7.75. The Hall–Kier alpha value is -2.08. The van der Waals surface area contributed by atoms with Gasteiger partial charge in [-0.15, -0.1) is 0 Å². The molecule has 0 radical (unpaired) electrons. The van der Waals surface area contributed by atoms with Crippen molar-refractivity contribution >= 4 is 23.2 Å². The number of carbonyl (C=O) groups is 2. The highest BCUT2D eigenvalue weighted by Gasteiger charge is 2.16. The zero-order valence-corrected chi connectivity index (χ0v) is 14.6. The lowest BCUT2D eigenvalue weighted by molar-refractivity contribution is -0.129. The van der Waals surface area contributed by atoms with E-state index in [1.807, 2.05) is 31.2 Å². The number of rotatable bonds is 7. The number of benzene rings is 1. The van der Waals surface area contributed by atoms with Crippen molar-refractivity contribution in [2.75, 3.05) is 49.6 Å². The monoisotopic (exact) mass is 333 g/mol. The Morgan fingerprint density at radius 3 is 2.58 bits per heavy atom. The summed E-state index contributed by atoms with van der Waals surface area (Å²) in [7, 11) is 0. The second-order valence-corrected chi connectivity index (χ2v) is 5.92. The van der Waals surface area contributed by atoms with Crippen LogP contribution in [0.5, 0.6) is 0 Å². The normalized spacial score (nSPS) is 14.3. The van der Waals surface area contributed by atoms with Crippen molar-refractivity contribution in [3.63, 3.8) is 0 Å². The summed E-state index contributed by atoms with van der Waals surface area (Å²) in [5, 5.41) is 2.98. The molecule has 1 aliphatic rings. The number of carbonyl (C=O) groups excluding carboxylic acids is 2. The number of amides is 2. The van der Waals surface area contributed by atoms with E-state index in [1.54, 1.807) is 11.8 Å². The van der Waals surface area contributed by atoms with Gasteiger partial charge in [-0.3, -0.25) is 9.59 Å². The van der Waals surface area contributed by atoms with E-state index in [2.05, 4.69) is 10.2 Å². The summed E-state index contributed by atoms with van der Waals surface area (Å²) < 4.78 is 5.39. The average molecular weight is 333 g/mol. The van der Waals surface area contributed by atoms with Crippen LogP contribution in [0.3, 0.4) is 0 Å². The van der Waals surface area contributed by atoms with Crippen LogP contribution in [-0.4, -0.2) is 56.1 Å². The Balaban J connectivity index is 1.95. The minimum atomic E-state index is -0.0712. The maximum Gasteiger partial charge on any atom is 0.226 e. The Bertz CT molecular complexity index is 556. The van der Waals surface area contributed by atoms with Gasteiger partial charge < -0.3 is 19.9 Å². The van der Waals surface area contributed by atoms with Crippen molar-refractivity contribution in [1.82, 2.24) is 4.90 Å². The van der Waals surface area contributed by atoms with Crippen LogP contribution in [-0.2, 0) is 14.3 Å². The molecule has 1 aromatic rings. The molecular weight excluding hydrogens is 306 g/mol. The third-order valence-electron chi connectivity index (χ3n) is 4.08. The summed E-state index contributed by atoms with van der Waals surface area (Å²) >= 11 is 0. The number of para-hydroxylation sites is 2. The number of anilines is 2. The highest BCUT2D eigenvalue weighted by molar-refractivity contribution is 5.94. The third kappa shape index (κ3) is 5.23. The molecule has 2 amide bonds. The molecule has 0 spiro atoms. The lowest BCUT2D eigenvalue weighted by Crippen LogP contribution is -2.37. The molecule has 2 rings (SSSR count). The van der Waals surface area contributed by atoms with Crippen molar-refractivity contribution in [1.29, 1.82) is 0 Å². The first kappa shape index (κ1) is 18.3. The molecule has 1 aliphatic heterocycles. The molecule has 1 heterocycles. The summed E-state index contributed by atoms with van der Waals surface area (Å²) in [5.74, 6) is -0.0589. The highest BCUT2D eigenvalue weighted by Crippen LogP contribution is 2.26. The quantitative estimate of drug-likeness (QED) is 0.830.